The summed E-state index contributed by atoms with van der Waals surface area (Å²) in [7, 11) is -2.02. The fraction of sp³-hybridized carbons (Fsp3) is 0.571. The van der Waals surface area contributed by atoms with Crippen LogP contribution in [0.3, 0.4) is 0 Å². The lowest BCUT2D eigenvalue weighted by atomic mass is 10.2. The van der Waals surface area contributed by atoms with Crippen LogP contribution in [-0.2, 0) is 19.9 Å². The van der Waals surface area contributed by atoms with Gasteiger partial charge in [-0.2, -0.15) is 0 Å². The Bertz CT molecular complexity index is 837. The van der Waals surface area contributed by atoms with Gasteiger partial charge in [0.1, 0.15) is 16.4 Å². The summed E-state index contributed by atoms with van der Waals surface area (Å²) in [5.41, 5.74) is 0. The number of sulfonamides is 1. The van der Waals surface area contributed by atoms with E-state index in [1.54, 1.807) is 0 Å². The molecule has 0 amide bonds. The molecule has 0 aliphatic carbocycles. The summed E-state index contributed by atoms with van der Waals surface area (Å²) < 4.78 is 61.0. The average molecular weight is 394 g/mol. The monoisotopic (exact) mass is 394 g/mol. The molecule has 1 N–H and O–H groups in total. The van der Waals surface area contributed by atoms with Crippen LogP contribution in [-0.4, -0.2) is 83.3 Å². The predicted molar refractivity (Wildman–Crippen MR) is 90.7 cm³/mol. The highest BCUT2D eigenvalue weighted by molar-refractivity contribution is 7.92. The number of aliphatic hydroxyl groups is 1. The van der Waals surface area contributed by atoms with E-state index < -0.39 is 43.5 Å². The molecule has 1 aromatic rings. The second-order valence-corrected chi connectivity index (χ2v) is 9.77. The molecule has 0 aromatic heterocycles. The highest BCUT2D eigenvalue weighted by Crippen LogP contribution is 2.33. The van der Waals surface area contributed by atoms with Crippen LogP contribution >= 0.6 is 0 Å². The Morgan fingerprint density at radius 3 is 2.24 bits per heavy atom. The third-order valence-electron chi connectivity index (χ3n) is 3.87. The molecular weight excluding hydrogens is 372 g/mol. The van der Waals surface area contributed by atoms with Gasteiger partial charge in [-0.1, -0.05) is 0 Å². The molecule has 2 atom stereocenters. The van der Waals surface area contributed by atoms with Crippen molar-refractivity contribution in [2.24, 2.45) is 0 Å². The Kier molecular flexibility index (Phi) is 5.64. The highest BCUT2D eigenvalue weighted by Gasteiger charge is 2.46. The maximum Gasteiger partial charge on any atom is 0.260 e. The standard InChI is InChI=1S/C14H22N2O7S2/c1-15(2)16(11-8-24(18,19)9-12(11)17)25(20,21)14-6-5-10(22-3)7-13(14)23-4/h5-7,11-12,17H,8-9H2,1-4H3/t11-,12-/m0/s1. The zero-order valence-electron chi connectivity index (χ0n) is 14.4. The molecule has 0 unspecified atom stereocenters. The molecule has 1 aromatic carbocycles. The molecule has 1 fully saturated rings. The molecule has 0 saturated carbocycles. The SMILES string of the molecule is COc1ccc(S(=O)(=O)N([C@H]2CS(=O)(=O)C[C@@H]2O)N(C)C)c(OC)c1. The van der Waals surface area contributed by atoms with Gasteiger partial charge in [-0.05, 0) is 12.1 Å². The summed E-state index contributed by atoms with van der Waals surface area (Å²) in [6.45, 7) is 0. The topological polar surface area (TPSA) is 113 Å². The second-order valence-electron chi connectivity index (χ2n) is 5.85. The van der Waals surface area contributed by atoms with Crippen molar-refractivity contribution in [1.82, 2.24) is 9.42 Å². The maximum absolute atomic E-state index is 13.2. The van der Waals surface area contributed by atoms with E-state index in [0.29, 0.717) is 5.75 Å². The molecule has 1 heterocycles. The van der Waals surface area contributed by atoms with E-state index in [0.717, 1.165) is 4.41 Å². The molecular formula is C14H22N2O7S2. The van der Waals surface area contributed by atoms with Crippen LogP contribution in [0.5, 0.6) is 11.5 Å². The van der Waals surface area contributed by atoms with Gasteiger partial charge in [0, 0.05) is 20.2 Å². The summed E-state index contributed by atoms with van der Waals surface area (Å²) >= 11 is 0. The third-order valence-corrected chi connectivity index (χ3v) is 7.55. The molecule has 1 aliphatic heterocycles. The summed E-state index contributed by atoms with van der Waals surface area (Å²) in [5, 5.41) is 11.3. The van der Waals surface area contributed by atoms with Gasteiger partial charge in [0.25, 0.3) is 10.0 Å². The van der Waals surface area contributed by atoms with E-state index in [2.05, 4.69) is 0 Å². The zero-order chi connectivity index (χ0) is 19.0. The van der Waals surface area contributed by atoms with Crippen molar-refractivity contribution in [3.8, 4) is 11.5 Å². The molecule has 1 aliphatic rings. The van der Waals surface area contributed by atoms with Crippen LogP contribution in [0.25, 0.3) is 0 Å². The van der Waals surface area contributed by atoms with Gasteiger partial charge in [-0.15, -0.1) is 4.41 Å². The number of ether oxygens (including phenoxy) is 2. The predicted octanol–water partition coefficient (Wildman–Crippen LogP) is -0.671. The van der Waals surface area contributed by atoms with E-state index in [1.165, 1.54) is 51.5 Å². The summed E-state index contributed by atoms with van der Waals surface area (Å²) in [6.07, 6.45) is -1.31. The van der Waals surface area contributed by atoms with E-state index in [-0.39, 0.29) is 10.6 Å². The number of hydrazine groups is 1. The highest BCUT2D eigenvalue weighted by atomic mass is 32.2. The Labute approximate surface area is 147 Å². The van der Waals surface area contributed by atoms with Gasteiger partial charge in [0.2, 0.25) is 0 Å². The van der Waals surface area contributed by atoms with Crippen LogP contribution in [0, 0.1) is 0 Å². The summed E-state index contributed by atoms with van der Waals surface area (Å²) in [5.74, 6) is -0.460. The number of hydrogen-bond acceptors (Lipinski definition) is 8. The first kappa shape index (κ1) is 19.9. The van der Waals surface area contributed by atoms with Gasteiger partial charge in [0.15, 0.2) is 9.84 Å². The summed E-state index contributed by atoms with van der Waals surface area (Å²) in [6, 6.07) is 3.09. The van der Waals surface area contributed by atoms with Crippen LogP contribution in [0.2, 0.25) is 0 Å². The van der Waals surface area contributed by atoms with Crippen molar-refractivity contribution in [1.29, 1.82) is 0 Å². The van der Waals surface area contributed by atoms with Crippen LogP contribution in [0.1, 0.15) is 0 Å². The molecule has 0 bridgehead atoms. The Morgan fingerprint density at radius 2 is 1.80 bits per heavy atom. The van der Waals surface area contributed by atoms with E-state index in [9.17, 15) is 21.9 Å². The number of nitrogens with zero attached hydrogens (tertiary/aromatic N) is 2. The number of aliphatic hydroxyl groups excluding tert-OH is 1. The van der Waals surface area contributed by atoms with Gasteiger partial charge in [0.05, 0.1) is 37.9 Å². The first-order valence-corrected chi connectivity index (χ1v) is 10.6. The van der Waals surface area contributed by atoms with Crippen LogP contribution in [0.4, 0.5) is 0 Å². The Hall–Kier alpha value is -1.40. The normalized spacial score (nSPS) is 23.2. The lowest BCUT2D eigenvalue weighted by Crippen LogP contribution is -2.53. The molecule has 0 spiro atoms. The first-order chi connectivity index (χ1) is 11.5. The number of methoxy groups -OCH3 is 2. The average Bonchev–Trinajstić information content (AvgIpc) is 2.78. The fourth-order valence-electron chi connectivity index (χ4n) is 2.80. The molecule has 11 heteroatoms. The van der Waals surface area contributed by atoms with Crippen molar-refractivity contribution in [2.45, 2.75) is 17.0 Å². The van der Waals surface area contributed by atoms with E-state index >= 15 is 0 Å². The molecule has 9 nitrogen and oxygen atoms in total. The lowest BCUT2D eigenvalue weighted by Gasteiger charge is -2.34. The quantitative estimate of drug-likeness (QED) is 0.632. The van der Waals surface area contributed by atoms with Crippen molar-refractivity contribution < 1.29 is 31.4 Å². The van der Waals surface area contributed by atoms with Crippen LogP contribution in [0.15, 0.2) is 23.1 Å². The van der Waals surface area contributed by atoms with Crippen molar-refractivity contribution in [3.05, 3.63) is 18.2 Å². The van der Waals surface area contributed by atoms with Crippen molar-refractivity contribution in [3.63, 3.8) is 0 Å². The van der Waals surface area contributed by atoms with E-state index in [1.807, 2.05) is 0 Å². The second kappa shape index (κ2) is 7.08. The first-order valence-electron chi connectivity index (χ1n) is 7.35. The van der Waals surface area contributed by atoms with Gasteiger partial charge >= 0.3 is 0 Å². The minimum Gasteiger partial charge on any atom is -0.497 e. The Morgan fingerprint density at radius 1 is 1.16 bits per heavy atom. The molecule has 142 valence electrons. The maximum atomic E-state index is 13.2. The fourth-order valence-corrected chi connectivity index (χ4v) is 6.50. The number of hydrogen-bond donors (Lipinski definition) is 1. The Balaban J connectivity index is 2.55. The molecule has 1 saturated heterocycles. The number of sulfone groups is 1. The molecule has 25 heavy (non-hydrogen) atoms. The largest absolute Gasteiger partial charge is 0.497 e. The molecule has 0 radical (unpaired) electrons. The third kappa shape index (κ3) is 3.90. The van der Waals surface area contributed by atoms with Gasteiger partial charge in [-0.3, -0.25) is 0 Å². The lowest BCUT2D eigenvalue weighted by molar-refractivity contribution is 0.0270. The van der Waals surface area contributed by atoms with Gasteiger partial charge < -0.3 is 14.6 Å². The minimum absolute atomic E-state index is 0.0570. The smallest absolute Gasteiger partial charge is 0.260 e. The van der Waals surface area contributed by atoms with E-state index in [4.69, 9.17) is 9.47 Å². The number of rotatable bonds is 6. The van der Waals surface area contributed by atoms with Gasteiger partial charge in [-0.25, -0.2) is 21.8 Å². The molecule has 2 rings (SSSR count). The zero-order valence-corrected chi connectivity index (χ0v) is 16.0. The minimum atomic E-state index is -4.18. The van der Waals surface area contributed by atoms with Crippen LogP contribution < -0.4 is 9.47 Å². The number of benzene rings is 1. The van der Waals surface area contributed by atoms with Crippen molar-refractivity contribution in [2.75, 3.05) is 39.8 Å². The summed E-state index contributed by atoms with van der Waals surface area (Å²) in [4.78, 5) is -0.152. The van der Waals surface area contributed by atoms with Crippen molar-refractivity contribution >= 4 is 19.9 Å².